The molecule has 4 N–H and O–H groups in total. The highest BCUT2D eigenvalue weighted by atomic mass is 16.5. The Balaban J connectivity index is 1.82. The second-order valence-electron chi connectivity index (χ2n) is 7.46. The Labute approximate surface area is 172 Å². The topological polar surface area (TPSA) is 101 Å². The van der Waals surface area contributed by atoms with E-state index in [1.54, 1.807) is 19.2 Å². The van der Waals surface area contributed by atoms with Crippen LogP contribution in [0.1, 0.15) is 45.4 Å². The van der Waals surface area contributed by atoms with Crippen LogP contribution >= 0.6 is 0 Å². The monoisotopic (exact) mass is 405 g/mol. The largest absolute Gasteiger partial charge is 0.495 e. The Kier molecular flexibility index (Phi) is 9.43. The molecule has 0 saturated heterocycles. The zero-order valence-corrected chi connectivity index (χ0v) is 17.4. The number of imide groups is 1. The van der Waals surface area contributed by atoms with Crippen molar-refractivity contribution in [2.24, 2.45) is 0 Å². The number of para-hydroxylation sites is 2. The minimum absolute atomic E-state index is 0.0608. The number of ether oxygens (including phenoxy) is 1. The van der Waals surface area contributed by atoms with Crippen LogP contribution in [0.2, 0.25) is 0 Å². The molecule has 160 valence electrons. The minimum atomic E-state index is -0.448. The molecular weight excluding hydrogens is 372 g/mol. The van der Waals surface area contributed by atoms with Gasteiger partial charge in [-0.25, -0.2) is 4.79 Å². The van der Waals surface area contributed by atoms with Crippen molar-refractivity contribution < 1.29 is 24.0 Å². The lowest BCUT2D eigenvalue weighted by Crippen LogP contribution is -3.14. The number of carbonyl (C=O) groups excluding carboxylic acids is 3. The van der Waals surface area contributed by atoms with Crippen molar-refractivity contribution in [3.05, 3.63) is 24.3 Å². The van der Waals surface area contributed by atoms with E-state index in [1.165, 1.54) is 6.42 Å². The third kappa shape index (κ3) is 8.11. The number of benzene rings is 1. The van der Waals surface area contributed by atoms with Crippen LogP contribution in [0.4, 0.5) is 10.5 Å². The maximum absolute atomic E-state index is 12.4. The SMILES string of the molecule is CCC[NH+](CC(=O)NC(=O)NC1CCCCC1)CC(=O)Nc1ccccc1OC. The molecule has 0 heterocycles. The van der Waals surface area contributed by atoms with E-state index in [9.17, 15) is 14.4 Å². The van der Waals surface area contributed by atoms with E-state index in [0.717, 1.165) is 37.0 Å². The van der Waals surface area contributed by atoms with Gasteiger partial charge in [0.05, 0.1) is 19.3 Å². The third-order valence-electron chi connectivity index (χ3n) is 5.00. The summed E-state index contributed by atoms with van der Waals surface area (Å²) in [5.41, 5.74) is 0.590. The van der Waals surface area contributed by atoms with Gasteiger partial charge in [-0.2, -0.15) is 0 Å². The summed E-state index contributed by atoms with van der Waals surface area (Å²) in [5, 5.41) is 8.09. The van der Waals surface area contributed by atoms with Crippen molar-refractivity contribution in [2.75, 3.05) is 32.1 Å². The molecule has 2 rings (SSSR count). The van der Waals surface area contributed by atoms with Crippen molar-refractivity contribution >= 4 is 23.5 Å². The van der Waals surface area contributed by atoms with E-state index in [-0.39, 0.29) is 30.9 Å². The van der Waals surface area contributed by atoms with Crippen molar-refractivity contribution in [2.45, 2.75) is 51.5 Å². The molecule has 1 fully saturated rings. The fourth-order valence-corrected chi connectivity index (χ4v) is 3.63. The summed E-state index contributed by atoms with van der Waals surface area (Å²) in [7, 11) is 1.54. The average Bonchev–Trinajstić information content (AvgIpc) is 2.69. The lowest BCUT2D eigenvalue weighted by molar-refractivity contribution is -0.883. The normalized spacial score (nSPS) is 15.2. The highest BCUT2D eigenvalue weighted by molar-refractivity contribution is 5.95. The first kappa shape index (κ1) is 22.7. The third-order valence-corrected chi connectivity index (χ3v) is 5.00. The van der Waals surface area contributed by atoms with Crippen LogP contribution in [0.3, 0.4) is 0 Å². The summed E-state index contributed by atoms with van der Waals surface area (Å²) in [6.45, 7) is 2.83. The molecule has 1 aromatic rings. The Morgan fingerprint density at radius 1 is 1.07 bits per heavy atom. The van der Waals surface area contributed by atoms with Gasteiger partial charge in [-0.15, -0.1) is 0 Å². The first-order valence-corrected chi connectivity index (χ1v) is 10.4. The number of hydrogen-bond acceptors (Lipinski definition) is 4. The van der Waals surface area contributed by atoms with Crippen LogP contribution in [0.25, 0.3) is 0 Å². The molecule has 0 spiro atoms. The molecule has 29 heavy (non-hydrogen) atoms. The van der Waals surface area contributed by atoms with Gasteiger partial charge in [0.2, 0.25) is 0 Å². The smallest absolute Gasteiger partial charge is 0.321 e. The Bertz CT molecular complexity index is 689. The molecule has 1 atom stereocenters. The van der Waals surface area contributed by atoms with Gasteiger partial charge in [0.15, 0.2) is 13.1 Å². The van der Waals surface area contributed by atoms with Crippen LogP contribution in [-0.2, 0) is 9.59 Å². The number of urea groups is 1. The maximum Gasteiger partial charge on any atom is 0.321 e. The molecular formula is C21H33N4O4+. The fourth-order valence-electron chi connectivity index (χ4n) is 3.63. The van der Waals surface area contributed by atoms with Crippen LogP contribution in [0, 0.1) is 0 Å². The first-order chi connectivity index (χ1) is 14.0. The Morgan fingerprint density at radius 2 is 1.76 bits per heavy atom. The zero-order valence-electron chi connectivity index (χ0n) is 17.4. The van der Waals surface area contributed by atoms with Crippen molar-refractivity contribution in [1.82, 2.24) is 10.6 Å². The second kappa shape index (κ2) is 12.1. The van der Waals surface area contributed by atoms with Gasteiger partial charge < -0.3 is 20.3 Å². The Hall–Kier alpha value is -2.61. The minimum Gasteiger partial charge on any atom is -0.495 e. The molecule has 1 saturated carbocycles. The maximum atomic E-state index is 12.4. The number of amides is 4. The molecule has 8 heteroatoms. The molecule has 1 aromatic carbocycles. The van der Waals surface area contributed by atoms with Crippen LogP contribution in [-0.4, -0.2) is 50.6 Å². The van der Waals surface area contributed by atoms with Crippen LogP contribution < -0.4 is 25.6 Å². The number of quaternary nitrogens is 1. The predicted octanol–water partition coefficient (Wildman–Crippen LogP) is 1.09. The number of methoxy groups -OCH3 is 1. The van der Waals surface area contributed by atoms with E-state index >= 15 is 0 Å². The number of rotatable bonds is 9. The first-order valence-electron chi connectivity index (χ1n) is 10.4. The zero-order chi connectivity index (χ0) is 21.1. The fraction of sp³-hybridized carbons (Fsp3) is 0.571. The van der Waals surface area contributed by atoms with Crippen LogP contribution in [0.15, 0.2) is 24.3 Å². The summed E-state index contributed by atoms with van der Waals surface area (Å²) in [5.74, 6) is -0.0146. The lowest BCUT2D eigenvalue weighted by atomic mass is 9.96. The van der Waals surface area contributed by atoms with E-state index in [4.69, 9.17) is 4.74 Å². The average molecular weight is 406 g/mol. The van der Waals surface area contributed by atoms with E-state index in [0.29, 0.717) is 18.0 Å². The van der Waals surface area contributed by atoms with Gasteiger partial charge in [-0.1, -0.05) is 38.3 Å². The molecule has 0 aromatic heterocycles. The van der Waals surface area contributed by atoms with E-state index in [1.807, 2.05) is 19.1 Å². The lowest BCUT2D eigenvalue weighted by Gasteiger charge is -2.23. The van der Waals surface area contributed by atoms with Gasteiger partial charge in [0, 0.05) is 6.04 Å². The molecule has 0 bridgehead atoms. The van der Waals surface area contributed by atoms with E-state index in [2.05, 4.69) is 16.0 Å². The van der Waals surface area contributed by atoms with Crippen molar-refractivity contribution in [3.63, 3.8) is 0 Å². The number of hydrogen-bond donors (Lipinski definition) is 4. The van der Waals surface area contributed by atoms with E-state index < -0.39 is 6.03 Å². The van der Waals surface area contributed by atoms with Gasteiger partial charge in [0.25, 0.3) is 11.8 Å². The predicted molar refractivity (Wildman–Crippen MR) is 111 cm³/mol. The molecule has 1 aliphatic rings. The number of nitrogens with one attached hydrogen (secondary N) is 4. The van der Waals surface area contributed by atoms with Crippen LogP contribution in [0.5, 0.6) is 5.75 Å². The van der Waals surface area contributed by atoms with Crippen molar-refractivity contribution in [1.29, 1.82) is 0 Å². The second-order valence-corrected chi connectivity index (χ2v) is 7.46. The standard InChI is InChI=1S/C21H32N4O4/c1-3-13-25(14-19(26)23-17-11-7-8-12-18(17)29-2)15-20(27)24-21(28)22-16-9-5-4-6-10-16/h7-8,11-12,16H,3-6,9-10,13-15H2,1-2H3,(H,23,26)(H2,22,24,27,28)/p+1. The van der Waals surface area contributed by atoms with Gasteiger partial charge in [-0.05, 0) is 31.4 Å². The highest BCUT2D eigenvalue weighted by Crippen LogP contribution is 2.22. The highest BCUT2D eigenvalue weighted by Gasteiger charge is 2.21. The molecule has 0 radical (unpaired) electrons. The summed E-state index contributed by atoms with van der Waals surface area (Å²) in [4.78, 5) is 37.6. The summed E-state index contributed by atoms with van der Waals surface area (Å²) < 4.78 is 5.24. The van der Waals surface area contributed by atoms with Gasteiger partial charge in [0.1, 0.15) is 5.75 Å². The van der Waals surface area contributed by atoms with Gasteiger partial charge >= 0.3 is 6.03 Å². The number of carbonyl (C=O) groups is 3. The quantitative estimate of drug-likeness (QED) is 0.494. The van der Waals surface area contributed by atoms with Gasteiger partial charge in [-0.3, -0.25) is 14.9 Å². The number of anilines is 1. The Morgan fingerprint density at radius 3 is 2.45 bits per heavy atom. The molecule has 1 unspecified atom stereocenters. The molecule has 0 aliphatic heterocycles. The molecule has 1 aliphatic carbocycles. The molecule has 4 amide bonds. The summed E-state index contributed by atoms with van der Waals surface area (Å²) in [6.07, 6.45) is 6.14. The summed E-state index contributed by atoms with van der Waals surface area (Å²) >= 11 is 0. The summed E-state index contributed by atoms with van der Waals surface area (Å²) in [6, 6.07) is 6.86. The molecule has 8 nitrogen and oxygen atoms in total. The van der Waals surface area contributed by atoms with Crippen molar-refractivity contribution in [3.8, 4) is 5.75 Å².